The molecule has 2 nitrogen and oxygen atoms in total. The van der Waals surface area contributed by atoms with Crippen molar-refractivity contribution in [3.63, 3.8) is 0 Å². The smallest absolute Gasteiger partial charge is 0.324 e. The standard InChI is InChI=1S/C9H8Br2O2/c1-9(11,8(12)13)6-3-2-4-7(10)5-6/h2-5H,1H3,(H,12,13). The van der Waals surface area contributed by atoms with Crippen LogP contribution in [0.15, 0.2) is 28.7 Å². The zero-order chi connectivity index (χ0) is 10.1. The molecule has 13 heavy (non-hydrogen) atoms. The van der Waals surface area contributed by atoms with Gasteiger partial charge in [0.1, 0.15) is 4.32 Å². The third-order valence-corrected chi connectivity index (χ3v) is 3.06. The topological polar surface area (TPSA) is 37.3 Å². The highest BCUT2D eigenvalue weighted by Crippen LogP contribution is 2.32. The Morgan fingerprint density at radius 2 is 2.15 bits per heavy atom. The predicted molar refractivity (Wildman–Crippen MR) is 58.1 cm³/mol. The normalized spacial score (nSPS) is 15.0. The molecule has 70 valence electrons. The second kappa shape index (κ2) is 3.80. The first kappa shape index (κ1) is 10.7. The molecule has 0 saturated heterocycles. The van der Waals surface area contributed by atoms with Crippen LogP contribution in [-0.2, 0) is 9.12 Å². The Morgan fingerprint density at radius 3 is 2.62 bits per heavy atom. The van der Waals surface area contributed by atoms with Gasteiger partial charge in [0.2, 0.25) is 0 Å². The molecule has 0 heterocycles. The Labute approximate surface area is 93.2 Å². The van der Waals surface area contributed by atoms with Gasteiger partial charge < -0.3 is 5.11 Å². The summed E-state index contributed by atoms with van der Waals surface area (Å²) in [5, 5.41) is 8.92. The molecule has 1 rings (SSSR count). The van der Waals surface area contributed by atoms with Crippen molar-refractivity contribution in [2.24, 2.45) is 0 Å². The maximum Gasteiger partial charge on any atom is 0.324 e. The summed E-state index contributed by atoms with van der Waals surface area (Å²) in [5.74, 6) is -0.898. The molecule has 0 radical (unpaired) electrons. The average molecular weight is 308 g/mol. The predicted octanol–water partition coefficient (Wildman–Crippen LogP) is 3.14. The summed E-state index contributed by atoms with van der Waals surface area (Å²) < 4.78 is -0.145. The molecule has 0 spiro atoms. The van der Waals surface area contributed by atoms with Gasteiger partial charge in [-0.15, -0.1) is 0 Å². The fourth-order valence-corrected chi connectivity index (χ4v) is 1.55. The van der Waals surface area contributed by atoms with Crippen molar-refractivity contribution in [3.05, 3.63) is 34.3 Å². The summed E-state index contributed by atoms with van der Waals surface area (Å²) in [6.07, 6.45) is 0. The van der Waals surface area contributed by atoms with Gasteiger partial charge in [0.25, 0.3) is 0 Å². The lowest BCUT2D eigenvalue weighted by Gasteiger charge is -2.17. The summed E-state index contributed by atoms with van der Waals surface area (Å²) in [6, 6.07) is 7.22. The average Bonchev–Trinajstić information content (AvgIpc) is 2.04. The number of halogens is 2. The van der Waals surface area contributed by atoms with E-state index in [4.69, 9.17) is 5.11 Å². The zero-order valence-corrected chi connectivity index (χ0v) is 10.1. The Hall–Kier alpha value is -0.350. The van der Waals surface area contributed by atoms with Crippen LogP contribution in [0.3, 0.4) is 0 Å². The van der Waals surface area contributed by atoms with E-state index in [0.29, 0.717) is 0 Å². The van der Waals surface area contributed by atoms with Crippen molar-refractivity contribution in [1.29, 1.82) is 0 Å². The van der Waals surface area contributed by atoms with Gasteiger partial charge in [-0.05, 0) is 24.6 Å². The highest BCUT2D eigenvalue weighted by Gasteiger charge is 2.31. The maximum absolute atomic E-state index is 10.9. The summed E-state index contributed by atoms with van der Waals surface area (Å²) in [4.78, 5) is 10.9. The number of alkyl halides is 1. The number of carboxylic acids is 1. The van der Waals surface area contributed by atoms with E-state index in [-0.39, 0.29) is 0 Å². The molecule has 0 aliphatic rings. The van der Waals surface area contributed by atoms with Crippen molar-refractivity contribution in [1.82, 2.24) is 0 Å². The second-order valence-corrected chi connectivity index (χ2v) is 5.32. The van der Waals surface area contributed by atoms with Crippen molar-refractivity contribution < 1.29 is 9.90 Å². The molecule has 1 aromatic rings. The molecular formula is C9H8Br2O2. The summed E-state index contributed by atoms with van der Waals surface area (Å²) in [5.41, 5.74) is 0.717. The molecule has 0 aliphatic carbocycles. The van der Waals surface area contributed by atoms with Gasteiger partial charge in [-0.3, -0.25) is 4.79 Å². The minimum Gasteiger partial charge on any atom is -0.480 e. The molecule has 0 aromatic heterocycles. The number of rotatable bonds is 2. The van der Waals surface area contributed by atoms with E-state index in [1.165, 1.54) is 0 Å². The number of hydrogen-bond acceptors (Lipinski definition) is 1. The first-order chi connectivity index (χ1) is 5.94. The Morgan fingerprint density at radius 1 is 1.54 bits per heavy atom. The number of carboxylic acid groups (broad SMARTS) is 1. The fraction of sp³-hybridized carbons (Fsp3) is 0.222. The van der Waals surface area contributed by atoms with Gasteiger partial charge in [-0.1, -0.05) is 44.0 Å². The molecule has 0 saturated carbocycles. The molecule has 0 amide bonds. The minimum absolute atomic E-state index is 0.717. The van der Waals surface area contributed by atoms with Gasteiger partial charge in [-0.25, -0.2) is 0 Å². The highest BCUT2D eigenvalue weighted by molar-refractivity contribution is 9.10. The van der Waals surface area contributed by atoms with E-state index >= 15 is 0 Å². The van der Waals surface area contributed by atoms with Crippen LogP contribution >= 0.6 is 31.9 Å². The quantitative estimate of drug-likeness (QED) is 0.852. The Balaban J connectivity index is 3.14. The minimum atomic E-state index is -1.02. The maximum atomic E-state index is 10.9. The lowest BCUT2D eigenvalue weighted by atomic mass is 10.0. The molecule has 0 fully saturated rings. The first-order valence-corrected chi connectivity index (χ1v) is 5.21. The molecule has 0 aliphatic heterocycles. The molecule has 1 atom stereocenters. The van der Waals surface area contributed by atoms with Crippen molar-refractivity contribution in [3.8, 4) is 0 Å². The van der Waals surface area contributed by atoms with Crippen molar-refractivity contribution in [2.75, 3.05) is 0 Å². The van der Waals surface area contributed by atoms with Crippen LogP contribution in [-0.4, -0.2) is 11.1 Å². The van der Waals surface area contributed by atoms with Crippen LogP contribution in [0, 0.1) is 0 Å². The number of aliphatic carboxylic acids is 1. The Kier molecular flexibility index (Phi) is 3.14. The lowest BCUT2D eigenvalue weighted by molar-refractivity contribution is -0.139. The van der Waals surface area contributed by atoms with Gasteiger partial charge in [0.05, 0.1) is 0 Å². The molecule has 1 unspecified atom stereocenters. The van der Waals surface area contributed by atoms with Crippen LogP contribution in [0.4, 0.5) is 0 Å². The van der Waals surface area contributed by atoms with Crippen LogP contribution in [0.1, 0.15) is 12.5 Å². The molecule has 1 N–H and O–H groups in total. The van der Waals surface area contributed by atoms with E-state index in [9.17, 15) is 4.79 Å². The SMILES string of the molecule is CC(Br)(C(=O)O)c1cccc(Br)c1. The number of hydrogen-bond donors (Lipinski definition) is 1. The lowest BCUT2D eigenvalue weighted by Crippen LogP contribution is -2.24. The number of carbonyl (C=O) groups is 1. The zero-order valence-electron chi connectivity index (χ0n) is 6.92. The van der Waals surface area contributed by atoms with E-state index in [1.807, 2.05) is 12.1 Å². The molecular weight excluding hydrogens is 300 g/mol. The van der Waals surface area contributed by atoms with Gasteiger partial charge >= 0.3 is 5.97 Å². The number of benzene rings is 1. The van der Waals surface area contributed by atoms with E-state index in [2.05, 4.69) is 31.9 Å². The van der Waals surface area contributed by atoms with E-state index in [0.717, 1.165) is 10.0 Å². The third-order valence-electron chi connectivity index (χ3n) is 1.77. The summed E-state index contributed by atoms with van der Waals surface area (Å²) >= 11 is 6.46. The summed E-state index contributed by atoms with van der Waals surface area (Å²) in [7, 11) is 0. The first-order valence-electron chi connectivity index (χ1n) is 3.63. The largest absolute Gasteiger partial charge is 0.480 e. The van der Waals surface area contributed by atoms with Gasteiger partial charge in [0, 0.05) is 4.47 Å². The third kappa shape index (κ3) is 2.31. The second-order valence-electron chi connectivity index (χ2n) is 2.82. The van der Waals surface area contributed by atoms with Crippen molar-refractivity contribution >= 4 is 37.8 Å². The monoisotopic (exact) mass is 306 g/mol. The molecule has 0 bridgehead atoms. The van der Waals surface area contributed by atoms with Crippen LogP contribution < -0.4 is 0 Å². The van der Waals surface area contributed by atoms with Crippen LogP contribution in [0.2, 0.25) is 0 Å². The van der Waals surface area contributed by atoms with Crippen molar-refractivity contribution in [2.45, 2.75) is 11.2 Å². The van der Waals surface area contributed by atoms with Gasteiger partial charge in [0.15, 0.2) is 0 Å². The van der Waals surface area contributed by atoms with E-state index < -0.39 is 10.3 Å². The van der Waals surface area contributed by atoms with Crippen LogP contribution in [0.5, 0.6) is 0 Å². The van der Waals surface area contributed by atoms with E-state index in [1.54, 1.807) is 19.1 Å². The van der Waals surface area contributed by atoms with Crippen LogP contribution in [0.25, 0.3) is 0 Å². The Bertz CT molecular complexity index is 334. The highest BCUT2D eigenvalue weighted by atomic mass is 79.9. The molecule has 1 aromatic carbocycles. The van der Waals surface area contributed by atoms with Gasteiger partial charge in [-0.2, -0.15) is 0 Å². The molecule has 4 heteroatoms. The summed E-state index contributed by atoms with van der Waals surface area (Å²) in [6.45, 7) is 1.61. The fourth-order valence-electron chi connectivity index (χ4n) is 0.904.